The molecule has 0 radical (unpaired) electrons. The Balaban J connectivity index is 2.23. The molecule has 0 spiro atoms. The van der Waals surface area contributed by atoms with Crippen molar-refractivity contribution in [3.8, 4) is 0 Å². The van der Waals surface area contributed by atoms with Gasteiger partial charge < -0.3 is 9.80 Å². The molecule has 4 heteroatoms. The van der Waals surface area contributed by atoms with Crippen LogP contribution in [0.15, 0.2) is 0 Å². The Labute approximate surface area is 109 Å². The van der Waals surface area contributed by atoms with Gasteiger partial charge in [-0.1, -0.05) is 27.2 Å². The minimum atomic E-state index is -0.238. The molecule has 102 valence electrons. The van der Waals surface area contributed by atoms with Crippen LogP contribution in [0.2, 0.25) is 0 Å². The van der Waals surface area contributed by atoms with Gasteiger partial charge in [-0.15, -0.1) is 0 Å². The number of nitrogens with zero attached hydrogens (tertiary/aromatic N) is 2. The molecule has 0 N–H and O–H groups in total. The molecule has 2 atom stereocenters. The van der Waals surface area contributed by atoms with Gasteiger partial charge in [0.25, 0.3) is 0 Å². The maximum Gasteiger partial charge on any atom is 0.246 e. The molecule has 18 heavy (non-hydrogen) atoms. The van der Waals surface area contributed by atoms with Crippen molar-refractivity contribution >= 4 is 11.8 Å². The summed E-state index contributed by atoms with van der Waals surface area (Å²) in [6.07, 6.45) is 3.85. The van der Waals surface area contributed by atoms with Crippen LogP contribution in [0.4, 0.5) is 0 Å². The topological polar surface area (TPSA) is 40.6 Å². The SMILES string of the molecule is CCCCN1C(=O)C2CCCN2C(=O)C1C(C)C. The van der Waals surface area contributed by atoms with E-state index < -0.39 is 0 Å². The molecule has 2 heterocycles. The van der Waals surface area contributed by atoms with Gasteiger partial charge in [-0.05, 0) is 25.2 Å². The fraction of sp³-hybridized carbons (Fsp3) is 0.857. The summed E-state index contributed by atoms with van der Waals surface area (Å²) < 4.78 is 0. The Morgan fingerprint density at radius 2 is 2.00 bits per heavy atom. The summed E-state index contributed by atoms with van der Waals surface area (Å²) in [5.74, 6) is 0.544. The zero-order valence-electron chi connectivity index (χ0n) is 11.7. The van der Waals surface area contributed by atoms with Gasteiger partial charge in [0.15, 0.2) is 0 Å². The van der Waals surface area contributed by atoms with Gasteiger partial charge >= 0.3 is 0 Å². The molecule has 4 nitrogen and oxygen atoms in total. The molecular weight excluding hydrogens is 228 g/mol. The van der Waals surface area contributed by atoms with Crippen LogP contribution in [0, 0.1) is 5.92 Å². The Kier molecular flexibility index (Phi) is 3.93. The van der Waals surface area contributed by atoms with E-state index in [0.717, 1.165) is 38.8 Å². The zero-order valence-corrected chi connectivity index (χ0v) is 11.7. The molecule has 2 aliphatic rings. The zero-order chi connectivity index (χ0) is 13.3. The lowest BCUT2D eigenvalue weighted by Crippen LogP contribution is -2.64. The lowest BCUT2D eigenvalue weighted by molar-refractivity contribution is -0.161. The lowest BCUT2D eigenvalue weighted by Gasteiger charge is -2.44. The number of carbonyl (C=O) groups is 2. The highest BCUT2D eigenvalue weighted by Crippen LogP contribution is 2.29. The highest BCUT2D eigenvalue weighted by Gasteiger charge is 2.48. The second-order valence-electron chi connectivity index (χ2n) is 5.76. The average Bonchev–Trinajstić information content (AvgIpc) is 2.80. The lowest BCUT2D eigenvalue weighted by atomic mass is 9.95. The van der Waals surface area contributed by atoms with Crippen LogP contribution >= 0.6 is 0 Å². The summed E-state index contributed by atoms with van der Waals surface area (Å²) in [5.41, 5.74) is 0. The van der Waals surface area contributed by atoms with E-state index in [0.29, 0.717) is 0 Å². The van der Waals surface area contributed by atoms with Crippen molar-refractivity contribution in [3.63, 3.8) is 0 Å². The average molecular weight is 252 g/mol. The van der Waals surface area contributed by atoms with Crippen molar-refractivity contribution in [2.24, 2.45) is 5.92 Å². The van der Waals surface area contributed by atoms with Gasteiger partial charge in [0.1, 0.15) is 12.1 Å². The van der Waals surface area contributed by atoms with E-state index in [1.807, 2.05) is 23.6 Å². The fourth-order valence-electron chi connectivity index (χ4n) is 3.14. The third kappa shape index (κ3) is 2.13. The van der Waals surface area contributed by atoms with Crippen LogP contribution in [0.5, 0.6) is 0 Å². The summed E-state index contributed by atoms with van der Waals surface area (Å²) in [7, 11) is 0. The van der Waals surface area contributed by atoms with Gasteiger partial charge in [-0.3, -0.25) is 9.59 Å². The van der Waals surface area contributed by atoms with Gasteiger partial charge in [-0.25, -0.2) is 0 Å². The summed E-state index contributed by atoms with van der Waals surface area (Å²) in [5, 5.41) is 0. The van der Waals surface area contributed by atoms with E-state index in [2.05, 4.69) is 6.92 Å². The maximum atomic E-state index is 12.5. The smallest absolute Gasteiger partial charge is 0.246 e. The monoisotopic (exact) mass is 252 g/mol. The Morgan fingerprint density at radius 3 is 2.61 bits per heavy atom. The molecule has 2 rings (SSSR count). The highest BCUT2D eigenvalue weighted by atomic mass is 16.2. The van der Waals surface area contributed by atoms with Crippen LogP contribution in [0.25, 0.3) is 0 Å². The third-order valence-electron chi connectivity index (χ3n) is 4.08. The van der Waals surface area contributed by atoms with Gasteiger partial charge in [0.05, 0.1) is 0 Å². The van der Waals surface area contributed by atoms with Crippen LogP contribution in [0.3, 0.4) is 0 Å². The Bertz CT molecular complexity index is 341. The molecule has 2 aliphatic heterocycles. The van der Waals surface area contributed by atoms with E-state index in [-0.39, 0.29) is 29.8 Å². The number of piperazine rings is 1. The molecule has 0 aromatic rings. The minimum absolute atomic E-state index is 0.163. The fourth-order valence-corrected chi connectivity index (χ4v) is 3.14. The summed E-state index contributed by atoms with van der Waals surface area (Å²) in [4.78, 5) is 28.7. The standard InChI is InChI=1S/C14H24N2O2/c1-4-5-8-16-12(10(2)3)14(18)15-9-6-7-11(15)13(16)17/h10-12H,4-9H2,1-3H3. The highest BCUT2D eigenvalue weighted by molar-refractivity contribution is 5.97. The number of rotatable bonds is 4. The number of carbonyl (C=O) groups excluding carboxylic acids is 2. The van der Waals surface area contributed by atoms with Crippen molar-refractivity contribution < 1.29 is 9.59 Å². The summed E-state index contributed by atoms with van der Waals surface area (Å²) in [6, 6.07) is -0.400. The Morgan fingerprint density at radius 1 is 1.28 bits per heavy atom. The first-order valence-electron chi connectivity index (χ1n) is 7.19. The van der Waals surface area contributed by atoms with E-state index in [9.17, 15) is 9.59 Å². The molecule has 0 aliphatic carbocycles. The summed E-state index contributed by atoms with van der Waals surface area (Å²) in [6.45, 7) is 7.67. The molecule has 0 saturated carbocycles. The molecule has 0 aromatic heterocycles. The normalized spacial score (nSPS) is 28.2. The second-order valence-corrected chi connectivity index (χ2v) is 5.76. The van der Waals surface area contributed by atoms with Crippen LogP contribution < -0.4 is 0 Å². The number of fused-ring (bicyclic) bond motifs is 1. The Hall–Kier alpha value is -1.06. The van der Waals surface area contributed by atoms with Gasteiger partial charge in [-0.2, -0.15) is 0 Å². The molecule has 2 unspecified atom stereocenters. The first-order chi connectivity index (χ1) is 8.57. The molecule has 2 saturated heterocycles. The number of hydrogen-bond acceptors (Lipinski definition) is 2. The van der Waals surface area contributed by atoms with Gasteiger partial charge in [0, 0.05) is 13.1 Å². The number of unbranched alkanes of at least 4 members (excludes halogenated alkanes) is 1. The third-order valence-corrected chi connectivity index (χ3v) is 4.08. The van der Waals surface area contributed by atoms with Crippen LogP contribution in [-0.2, 0) is 9.59 Å². The van der Waals surface area contributed by atoms with Gasteiger partial charge in [0.2, 0.25) is 11.8 Å². The van der Waals surface area contributed by atoms with Crippen molar-refractivity contribution in [2.75, 3.05) is 13.1 Å². The van der Waals surface area contributed by atoms with Crippen molar-refractivity contribution in [3.05, 3.63) is 0 Å². The number of amides is 2. The maximum absolute atomic E-state index is 12.5. The van der Waals surface area contributed by atoms with Crippen molar-refractivity contribution in [1.82, 2.24) is 9.80 Å². The molecule has 2 fully saturated rings. The second kappa shape index (κ2) is 5.29. The van der Waals surface area contributed by atoms with Crippen molar-refractivity contribution in [1.29, 1.82) is 0 Å². The quantitative estimate of drug-likeness (QED) is 0.763. The number of hydrogen-bond donors (Lipinski definition) is 0. The summed E-state index contributed by atoms with van der Waals surface area (Å²) >= 11 is 0. The van der Waals surface area contributed by atoms with E-state index in [1.165, 1.54) is 0 Å². The van der Waals surface area contributed by atoms with Crippen LogP contribution in [0.1, 0.15) is 46.5 Å². The van der Waals surface area contributed by atoms with E-state index >= 15 is 0 Å². The molecular formula is C14H24N2O2. The minimum Gasteiger partial charge on any atom is -0.329 e. The van der Waals surface area contributed by atoms with E-state index in [1.54, 1.807) is 0 Å². The molecule has 0 aromatic carbocycles. The van der Waals surface area contributed by atoms with E-state index in [4.69, 9.17) is 0 Å². The first kappa shape index (κ1) is 13.4. The van der Waals surface area contributed by atoms with Crippen molar-refractivity contribution in [2.45, 2.75) is 58.5 Å². The largest absolute Gasteiger partial charge is 0.329 e. The molecule has 2 amide bonds. The predicted octanol–water partition coefficient (Wildman–Crippen LogP) is 1.64. The first-order valence-corrected chi connectivity index (χ1v) is 7.19. The predicted molar refractivity (Wildman–Crippen MR) is 70.0 cm³/mol. The molecule has 0 bridgehead atoms. The van der Waals surface area contributed by atoms with Crippen LogP contribution in [-0.4, -0.2) is 46.8 Å².